The van der Waals surface area contributed by atoms with Crippen LogP contribution >= 0.6 is 0 Å². The zero-order chi connectivity index (χ0) is 20.3. The smallest absolute Gasteiger partial charge is 0.352 e. The molecule has 0 bridgehead atoms. The number of hydrogen-bond acceptors (Lipinski definition) is 3. The molecule has 1 unspecified atom stereocenters. The normalized spacial score (nSPS) is 12.4. The Labute approximate surface area is 164 Å². The van der Waals surface area contributed by atoms with Gasteiger partial charge in [-0.25, -0.2) is 9.59 Å². The number of esters is 1. The summed E-state index contributed by atoms with van der Waals surface area (Å²) in [7, 11) is 0. The molecule has 1 N–H and O–H groups in total. The molecule has 2 aromatic carbocycles. The highest BCUT2D eigenvalue weighted by Crippen LogP contribution is 2.28. The Bertz CT molecular complexity index is 966. The van der Waals surface area contributed by atoms with E-state index in [9.17, 15) is 14.7 Å². The van der Waals surface area contributed by atoms with Crippen LogP contribution in [-0.4, -0.2) is 27.2 Å². The molecular weight excluding hydrogens is 354 g/mol. The van der Waals surface area contributed by atoms with Gasteiger partial charge in [0.05, 0.1) is 0 Å². The number of aromatic carboxylic acids is 1. The first-order valence-electron chi connectivity index (χ1n) is 9.04. The van der Waals surface area contributed by atoms with Crippen LogP contribution in [0, 0.1) is 0 Å². The van der Waals surface area contributed by atoms with Gasteiger partial charge in [0, 0.05) is 6.20 Å². The third-order valence-corrected chi connectivity index (χ3v) is 4.24. The second-order valence-electron chi connectivity index (χ2n) is 7.53. The standard InChI is InChI=1S/C23H23NO4/c1-23(2,3)28-22(27)20(24-15-7-10-19(24)21(25)26)18-13-11-17(12-14-18)16-8-5-4-6-9-16/h4-15,20H,1-3H3,(H,25,26). The molecule has 0 aliphatic rings. The molecule has 0 aliphatic heterocycles. The summed E-state index contributed by atoms with van der Waals surface area (Å²) >= 11 is 0. The number of carbonyl (C=O) groups is 2. The minimum absolute atomic E-state index is 0.0306. The topological polar surface area (TPSA) is 68.5 Å². The molecule has 144 valence electrons. The van der Waals surface area contributed by atoms with Crippen LogP contribution < -0.4 is 0 Å². The molecule has 1 aromatic heterocycles. The molecule has 0 saturated heterocycles. The van der Waals surface area contributed by atoms with E-state index in [0.29, 0.717) is 5.56 Å². The van der Waals surface area contributed by atoms with E-state index in [-0.39, 0.29) is 5.69 Å². The minimum atomic E-state index is -1.10. The summed E-state index contributed by atoms with van der Waals surface area (Å²) in [5.74, 6) is -1.60. The molecule has 1 atom stereocenters. The van der Waals surface area contributed by atoms with Gasteiger partial charge in [0.15, 0.2) is 6.04 Å². The van der Waals surface area contributed by atoms with Gasteiger partial charge in [0.25, 0.3) is 0 Å². The van der Waals surface area contributed by atoms with Crippen molar-refractivity contribution in [1.82, 2.24) is 4.57 Å². The van der Waals surface area contributed by atoms with E-state index < -0.39 is 23.6 Å². The van der Waals surface area contributed by atoms with Gasteiger partial charge in [-0.2, -0.15) is 0 Å². The van der Waals surface area contributed by atoms with Gasteiger partial charge < -0.3 is 14.4 Å². The van der Waals surface area contributed by atoms with E-state index >= 15 is 0 Å². The van der Waals surface area contributed by atoms with Gasteiger partial charge in [-0.05, 0) is 49.6 Å². The molecule has 5 heteroatoms. The van der Waals surface area contributed by atoms with Gasteiger partial charge >= 0.3 is 11.9 Å². The zero-order valence-corrected chi connectivity index (χ0v) is 16.1. The van der Waals surface area contributed by atoms with Gasteiger partial charge in [0.2, 0.25) is 0 Å². The summed E-state index contributed by atoms with van der Waals surface area (Å²) in [6, 6.07) is 19.6. The molecule has 0 radical (unpaired) electrons. The highest BCUT2D eigenvalue weighted by Gasteiger charge is 2.30. The van der Waals surface area contributed by atoms with Crippen molar-refractivity contribution >= 4 is 11.9 Å². The first kappa shape index (κ1) is 19.4. The lowest BCUT2D eigenvalue weighted by atomic mass is 10.00. The quantitative estimate of drug-likeness (QED) is 0.650. The van der Waals surface area contributed by atoms with Crippen LogP contribution in [0.3, 0.4) is 0 Å². The number of carboxylic acid groups (broad SMARTS) is 1. The molecule has 3 rings (SSSR count). The molecule has 0 spiro atoms. The van der Waals surface area contributed by atoms with Gasteiger partial charge in [-0.15, -0.1) is 0 Å². The van der Waals surface area contributed by atoms with E-state index in [1.165, 1.54) is 10.6 Å². The molecule has 0 saturated carbocycles. The fourth-order valence-electron chi connectivity index (χ4n) is 3.06. The fourth-order valence-corrected chi connectivity index (χ4v) is 3.06. The Morgan fingerprint density at radius 1 is 0.893 bits per heavy atom. The Morgan fingerprint density at radius 2 is 1.50 bits per heavy atom. The predicted octanol–water partition coefficient (Wildman–Crippen LogP) is 4.78. The van der Waals surface area contributed by atoms with Crippen LogP contribution in [0.5, 0.6) is 0 Å². The summed E-state index contributed by atoms with van der Waals surface area (Å²) in [6.45, 7) is 5.36. The maximum atomic E-state index is 13.0. The summed E-state index contributed by atoms with van der Waals surface area (Å²) < 4.78 is 7.01. The van der Waals surface area contributed by atoms with Gasteiger partial charge in [-0.1, -0.05) is 54.6 Å². The van der Waals surface area contributed by atoms with Crippen molar-refractivity contribution < 1.29 is 19.4 Å². The first-order chi connectivity index (χ1) is 13.3. The van der Waals surface area contributed by atoms with Crippen LogP contribution in [0.2, 0.25) is 0 Å². The van der Waals surface area contributed by atoms with Crippen molar-refractivity contribution in [2.75, 3.05) is 0 Å². The van der Waals surface area contributed by atoms with Crippen molar-refractivity contribution in [2.45, 2.75) is 32.4 Å². The molecule has 0 amide bonds. The number of hydrogen-bond donors (Lipinski definition) is 1. The number of ether oxygens (including phenoxy) is 1. The number of aromatic nitrogens is 1. The maximum Gasteiger partial charge on any atom is 0.352 e. The summed E-state index contributed by atoms with van der Waals surface area (Å²) in [6.07, 6.45) is 1.59. The fraction of sp³-hybridized carbons (Fsp3) is 0.217. The van der Waals surface area contributed by atoms with Crippen molar-refractivity contribution in [3.63, 3.8) is 0 Å². The number of carbonyl (C=O) groups excluding carboxylic acids is 1. The Morgan fingerprint density at radius 3 is 2.07 bits per heavy atom. The van der Waals surface area contributed by atoms with E-state index in [4.69, 9.17) is 4.74 Å². The third kappa shape index (κ3) is 4.31. The Kier molecular flexibility index (Phi) is 5.36. The average Bonchev–Trinajstić information content (AvgIpc) is 3.11. The van der Waals surface area contributed by atoms with Crippen LogP contribution in [0.1, 0.15) is 42.9 Å². The highest BCUT2D eigenvalue weighted by molar-refractivity contribution is 5.88. The first-order valence-corrected chi connectivity index (χ1v) is 9.04. The summed E-state index contributed by atoms with van der Waals surface area (Å²) in [5.41, 5.74) is 2.08. The van der Waals surface area contributed by atoms with Crippen molar-refractivity contribution in [3.05, 3.63) is 84.2 Å². The third-order valence-electron chi connectivity index (χ3n) is 4.24. The number of benzene rings is 2. The number of nitrogens with zero attached hydrogens (tertiary/aromatic N) is 1. The molecule has 0 aliphatic carbocycles. The molecule has 3 aromatic rings. The molecule has 5 nitrogen and oxygen atoms in total. The number of carboxylic acids is 1. The van der Waals surface area contributed by atoms with Crippen LogP contribution in [0.25, 0.3) is 11.1 Å². The van der Waals surface area contributed by atoms with Crippen molar-refractivity contribution in [2.24, 2.45) is 0 Å². The van der Waals surface area contributed by atoms with E-state index in [1.54, 1.807) is 33.0 Å². The maximum absolute atomic E-state index is 13.0. The van der Waals surface area contributed by atoms with E-state index in [0.717, 1.165) is 11.1 Å². The summed E-state index contributed by atoms with van der Waals surface area (Å²) in [4.78, 5) is 24.5. The molecule has 1 heterocycles. The van der Waals surface area contributed by atoms with Gasteiger partial charge in [-0.3, -0.25) is 0 Å². The van der Waals surface area contributed by atoms with E-state index in [2.05, 4.69) is 0 Å². The number of rotatable bonds is 5. The van der Waals surface area contributed by atoms with Crippen molar-refractivity contribution in [1.29, 1.82) is 0 Å². The van der Waals surface area contributed by atoms with E-state index in [1.807, 2.05) is 54.6 Å². The lowest BCUT2D eigenvalue weighted by molar-refractivity contribution is -0.157. The molecule has 0 fully saturated rings. The average molecular weight is 377 g/mol. The molecule has 28 heavy (non-hydrogen) atoms. The highest BCUT2D eigenvalue weighted by atomic mass is 16.6. The largest absolute Gasteiger partial charge is 0.477 e. The lowest BCUT2D eigenvalue weighted by Crippen LogP contribution is -2.31. The van der Waals surface area contributed by atoms with Crippen LogP contribution in [-0.2, 0) is 9.53 Å². The molecular formula is C23H23NO4. The predicted molar refractivity (Wildman–Crippen MR) is 107 cm³/mol. The van der Waals surface area contributed by atoms with Crippen LogP contribution in [0.4, 0.5) is 0 Å². The van der Waals surface area contributed by atoms with Crippen LogP contribution in [0.15, 0.2) is 72.9 Å². The van der Waals surface area contributed by atoms with Gasteiger partial charge in [0.1, 0.15) is 11.3 Å². The monoisotopic (exact) mass is 377 g/mol. The second kappa shape index (κ2) is 7.72. The Balaban J connectivity index is 2.02. The Hall–Kier alpha value is -3.34. The summed E-state index contributed by atoms with van der Waals surface area (Å²) in [5, 5.41) is 9.48. The SMILES string of the molecule is CC(C)(C)OC(=O)C(c1ccc(-c2ccccc2)cc1)n1cccc1C(=O)O. The lowest BCUT2D eigenvalue weighted by Gasteiger charge is -2.26. The zero-order valence-electron chi connectivity index (χ0n) is 16.1. The second-order valence-corrected chi connectivity index (χ2v) is 7.53. The minimum Gasteiger partial charge on any atom is -0.477 e. The van der Waals surface area contributed by atoms with Crippen molar-refractivity contribution in [3.8, 4) is 11.1 Å².